The Morgan fingerprint density at radius 1 is 1.44 bits per heavy atom. The van der Waals surface area contributed by atoms with Crippen molar-refractivity contribution in [2.45, 2.75) is 18.9 Å². The summed E-state index contributed by atoms with van der Waals surface area (Å²) in [7, 11) is 0. The summed E-state index contributed by atoms with van der Waals surface area (Å²) < 4.78 is 13.7. The maximum atomic E-state index is 13.7. The number of benzene rings is 1. The van der Waals surface area contributed by atoms with Crippen LogP contribution in [0.1, 0.15) is 27.5 Å². The standard InChI is InChI=1S/C13H15FN2OS/c1-8-16-7-12(18-8)13(17)10(6-15)9-4-2-3-5-11(9)14/h2-5,7,10,13,17H,6,15H2,1H3. The molecule has 2 rings (SSSR count). The second-order valence-electron chi connectivity index (χ2n) is 4.09. The van der Waals surface area contributed by atoms with Crippen LogP contribution in [0.3, 0.4) is 0 Å². The molecule has 1 aromatic heterocycles. The Labute approximate surface area is 109 Å². The maximum absolute atomic E-state index is 13.7. The van der Waals surface area contributed by atoms with Crippen molar-refractivity contribution in [3.05, 3.63) is 51.7 Å². The quantitative estimate of drug-likeness (QED) is 0.893. The SMILES string of the molecule is Cc1ncc(C(O)C(CN)c2ccccc2F)s1. The molecule has 5 heteroatoms. The van der Waals surface area contributed by atoms with Crippen LogP contribution in [0.25, 0.3) is 0 Å². The molecule has 3 N–H and O–H groups in total. The lowest BCUT2D eigenvalue weighted by Gasteiger charge is -2.21. The summed E-state index contributed by atoms with van der Waals surface area (Å²) in [6.45, 7) is 2.04. The van der Waals surface area contributed by atoms with E-state index in [9.17, 15) is 9.50 Å². The number of hydrogen-bond acceptors (Lipinski definition) is 4. The van der Waals surface area contributed by atoms with Gasteiger partial charge in [-0.05, 0) is 18.6 Å². The van der Waals surface area contributed by atoms with Crippen LogP contribution in [-0.4, -0.2) is 16.6 Å². The monoisotopic (exact) mass is 266 g/mol. The molecule has 18 heavy (non-hydrogen) atoms. The normalized spacial score (nSPS) is 14.4. The first-order chi connectivity index (χ1) is 8.63. The van der Waals surface area contributed by atoms with Crippen molar-refractivity contribution in [1.29, 1.82) is 0 Å². The fraction of sp³-hybridized carbons (Fsp3) is 0.308. The van der Waals surface area contributed by atoms with Crippen LogP contribution in [0.5, 0.6) is 0 Å². The number of aromatic nitrogens is 1. The van der Waals surface area contributed by atoms with E-state index in [2.05, 4.69) is 4.98 Å². The van der Waals surface area contributed by atoms with E-state index < -0.39 is 12.0 Å². The average Bonchev–Trinajstić information content (AvgIpc) is 2.79. The summed E-state index contributed by atoms with van der Waals surface area (Å²) in [6, 6.07) is 6.40. The molecule has 1 heterocycles. The van der Waals surface area contributed by atoms with E-state index in [1.807, 2.05) is 6.92 Å². The summed E-state index contributed by atoms with van der Waals surface area (Å²) >= 11 is 1.40. The van der Waals surface area contributed by atoms with Crippen molar-refractivity contribution < 1.29 is 9.50 Å². The van der Waals surface area contributed by atoms with Crippen molar-refractivity contribution in [2.24, 2.45) is 5.73 Å². The predicted octanol–water partition coefficient (Wildman–Crippen LogP) is 2.37. The van der Waals surface area contributed by atoms with Gasteiger partial charge < -0.3 is 10.8 Å². The Morgan fingerprint density at radius 3 is 2.72 bits per heavy atom. The van der Waals surface area contributed by atoms with Crippen molar-refractivity contribution >= 4 is 11.3 Å². The molecule has 0 fully saturated rings. The third kappa shape index (κ3) is 2.58. The number of rotatable bonds is 4. The number of aryl methyl sites for hydroxylation is 1. The molecule has 2 aromatic rings. The van der Waals surface area contributed by atoms with Gasteiger partial charge in [-0.1, -0.05) is 18.2 Å². The predicted molar refractivity (Wildman–Crippen MR) is 70.0 cm³/mol. The van der Waals surface area contributed by atoms with Crippen LogP contribution in [-0.2, 0) is 0 Å². The lowest BCUT2D eigenvalue weighted by Crippen LogP contribution is -2.20. The highest BCUT2D eigenvalue weighted by Gasteiger charge is 2.25. The van der Waals surface area contributed by atoms with Gasteiger partial charge in [-0.2, -0.15) is 0 Å². The fourth-order valence-corrected chi connectivity index (χ4v) is 2.75. The maximum Gasteiger partial charge on any atom is 0.126 e. The van der Waals surface area contributed by atoms with Crippen LogP contribution in [0, 0.1) is 12.7 Å². The molecule has 0 saturated carbocycles. The number of aliphatic hydroxyl groups excluding tert-OH is 1. The summed E-state index contributed by atoms with van der Waals surface area (Å²) in [6.07, 6.45) is 0.798. The summed E-state index contributed by atoms with van der Waals surface area (Å²) in [5.41, 5.74) is 6.12. The van der Waals surface area contributed by atoms with E-state index >= 15 is 0 Å². The lowest BCUT2D eigenvalue weighted by atomic mass is 9.92. The van der Waals surface area contributed by atoms with Crippen molar-refractivity contribution in [3.8, 4) is 0 Å². The molecule has 0 radical (unpaired) electrons. The molecular formula is C13H15FN2OS. The summed E-state index contributed by atoms with van der Waals surface area (Å²) in [5, 5.41) is 11.2. The van der Waals surface area contributed by atoms with Crippen LogP contribution in [0.2, 0.25) is 0 Å². The first-order valence-corrected chi connectivity index (χ1v) is 6.50. The number of nitrogens with zero attached hydrogens (tertiary/aromatic N) is 1. The third-order valence-corrected chi connectivity index (χ3v) is 3.85. The second kappa shape index (κ2) is 5.56. The third-order valence-electron chi connectivity index (χ3n) is 2.87. The first kappa shape index (κ1) is 13.1. The van der Waals surface area contributed by atoms with Crippen molar-refractivity contribution in [2.75, 3.05) is 6.54 Å². The highest BCUT2D eigenvalue weighted by molar-refractivity contribution is 7.11. The molecular weight excluding hydrogens is 251 g/mol. The van der Waals surface area contributed by atoms with Crippen LogP contribution in [0.15, 0.2) is 30.5 Å². The molecule has 0 aliphatic heterocycles. The van der Waals surface area contributed by atoms with E-state index in [1.54, 1.807) is 24.4 Å². The van der Waals surface area contributed by atoms with E-state index in [0.29, 0.717) is 10.4 Å². The van der Waals surface area contributed by atoms with Gasteiger partial charge in [0.2, 0.25) is 0 Å². The molecule has 2 atom stereocenters. The molecule has 0 amide bonds. The zero-order valence-electron chi connectivity index (χ0n) is 10.0. The molecule has 96 valence electrons. The zero-order valence-corrected chi connectivity index (χ0v) is 10.8. The second-order valence-corrected chi connectivity index (χ2v) is 5.36. The average molecular weight is 266 g/mol. The van der Waals surface area contributed by atoms with Gasteiger partial charge in [0.15, 0.2) is 0 Å². The van der Waals surface area contributed by atoms with Gasteiger partial charge in [0.1, 0.15) is 5.82 Å². The van der Waals surface area contributed by atoms with E-state index in [-0.39, 0.29) is 12.4 Å². The Bertz CT molecular complexity index is 529. The molecule has 0 saturated heterocycles. The molecule has 0 spiro atoms. The van der Waals surface area contributed by atoms with Crippen LogP contribution in [0.4, 0.5) is 4.39 Å². The Balaban J connectivity index is 2.32. The largest absolute Gasteiger partial charge is 0.387 e. The Hall–Kier alpha value is -1.30. The van der Waals surface area contributed by atoms with Crippen molar-refractivity contribution in [1.82, 2.24) is 4.98 Å². The molecule has 2 unspecified atom stereocenters. The smallest absolute Gasteiger partial charge is 0.126 e. The fourth-order valence-electron chi connectivity index (χ4n) is 1.91. The van der Waals surface area contributed by atoms with Gasteiger partial charge in [-0.15, -0.1) is 11.3 Å². The van der Waals surface area contributed by atoms with E-state index in [0.717, 1.165) is 5.01 Å². The van der Waals surface area contributed by atoms with Gasteiger partial charge >= 0.3 is 0 Å². The number of halogens is 1. The highest BCUT2D eigenvalue weighted by atomic mass is 32.1. The number of aliphatic hydroxyl groups is 1. The number of hydrogen-bond donors (Lipinski definition) is 2. The number of thiazole rings is 1. The highest BCUT2D eigenvalue weighted by Crippen LogP contribution is 2.33. The van der Waals surface area contributed by atoms with Crippen LogP contribution < -0.4 is 5.73 Å². The van der Waals surface area contributed by atoms with Gasteiger partial charge in [-0.25, -0.2) is 9.37 Å². The van der Waals surface area contributed by atoms with Crippen LogP contribution >= 0.6 is 11.3 Å². The topological polar surface area (TPSA) is 59.1 Å². The van der Waals surface area contributed by atoms with E-state index in [4.69, 9.17) is 5.73 Å². The zero-order chi connectivity index (χ0) is 13.1. The van der Waals surface area contributed by atoms with Gasteiger partial charge in [-0.3, -0.25) is 0 Å². The van der Waals surface area contributed by atoms with E-state index in [1.165, 1.54) is 17.4 Å². The molecule has 1 aromatic carbocycles. The van der Waals surface area contributed by atoms with Gasteiger partial charge in [0, 0.05) is 18.7 Å². The molecule has 0 aliphatic rings. The molecule has 3 nitrogen and oxygen atoms in total. The van der Waals surface area contributed by atoms with Gasteiger partial charge in [0.25, 0.3) is 0 Å². The molecule has 0 bridgehead atoms. The summed E-state index contributed by atoms with van der Waals surface area (Å²) in [4.78, 5) is 4.81. The minimum absolute atomic E-state index is 0.180. The molecule has 0 aliphatic carbocycles. The van der Waals surface area contributed by atoms with Crippen molar-refractivity contribution in [3.63, 3.8) is 0 Å². The van der Waals surface area contributed by atoms with Gasteiger partial charge in [0.05, 0.1) is 16.0 Å². The minimum atomic E-state index is -0.821. The first-order valence-electron chi connectivity index (χ1n) is 5.68. The Kier molecular flexibility index (Phi) is 4.06. The Morgan fingerprint density at radius 2 is 2.17 bits per heavy atom. The lowest BCUT2D eigenvalue weighted by molar-refractivity contribution is 0.149. The minimum Gasteiger partial charge on any atom is -0.387 e. The number of nitrogens with two attached hydrogens (primary N) is 1. The summed E-state index contributed by atoms with van der Waals surface area (Å²) in [5.74, 6) is -0.792.